The number of aromatic amines is 1. The largest absolute Gasteiger partial charge is 0.461 e. The first kappa shape index (κ1) is 26.9. The number of benzene rings is 1. The molecule has 0 spiro atoms. The van der Waals surface area contributed by atoms with Gasteiger partial charge in [-0.1, -0.05) is 0 Å². The number of H-pyrrole nitrogens is 1. The third-order valence-corrected chi connectivity index (χ3v) is 9.56. The summed E-state index contributed by atoms with van der Waals surface area (Å²) in [4.78, 5) is 17.5. The second-order valence-electron chi connectivity index (χ2n) is 12.2. The van der Waals surface area contributed by atoms with Crippen molar-refractivity contribution in [1.29, 1.82) is 0 Å². The Bertz CT molecular complexity index is 1720. The Labute approximate surface area is 242 Å². The summed E-state index contributed by atoms with van der Waals surface area (Å²) in [6.07, 6.45) is 0.896. The van der Waals surface area contributed by atoms with E-state index in [4.69, 9.17) is 9.72 Å². The Morgan fingerprint density at radius 3 is 2.65 bits per heavy atom. The molecular formula is C29H29F5N8O. The number of alkyl halides is 4. The van der Waals surface area contributed by atoms with Crippen molar-refractivity contribution in [3.8, 4) is 17.3 Å². The van der Waals surface area contributed by atoms with Crippen LogP contribution >= 0.6 is 0 Å². The fourth-order valence-electron chi connectivity index (χ4n) is 7.63. The lowest BCUT2D eigenvalue weighted by atomic mass is 9.95. The molecule has 4 aromatic rings. The Morgan fingerprint density at radius 1 is 1.05 bits per heavy atom. The van der Waals surface area contributed by atoms with Gasteiger partial charge in [-0.2, -0.15) is 28.2 Å². The lowest BCUT2D eigenvalue weighted by Crippen LogP contribution is -2.51. The Morgan fingerprint density at radius 2 is 1.86 bits per heavy atom. The van der Waals surface area contributed by atoms with Gasteiger partial charge in [0.2, 0.25) is 0 Å². The normalized spacial score (nSPS) is 27.5. The number of aromatic nitrogens is 5. The van der Waals surface area contributed by atoms with Gasteiger partial charge in [-0.05, 0) is 44.4 Å². The molecule has 3 aromatic heterocycles. The molecule has 4 aliphatic rings. The minimum Gasteiger partial charge on any atom is -0.461 e. The quantitative estimate of drug-likeness (QED) is 0.321. The van der Waals surface area contributed by atoms with Gasteiger partial charge in [0.05, 0.1) is 28.2 Å². The minimum atomic E-state index is -4.77. The van der Waals surface area contributed by atoms with Crippen molar-refractivity contribution in [3.63, 3.8) is 0 Å². The SMILES string of the molecule is Fc1c(-c2c(C(F)(F)F)ccc3[nH]ncc23)ncc2c(N3C[C@H]4CC[C@@H](C3)N4)nc(OCC34CCCN3CC(F)C4)nc12. The van der Waals surface area contributed by atoms with Gasteiger partial charge >= 0.3 is 12.2 Å². The Kier molecular flexibility index (Phi) is 6.06. The molecule has 226 valence electrons. The highest BCUT2D eigenvalue weighted by Gasteiger charge is 2.49. The summed E-state index contributed by atoms with van der Waals surface area (Å²) in [5.74, 6) is -0.585. The molecule has 43 heavy (non-hydrogen) atoms. The molecule has 1 aromatic carbocycles. The molecule has 4 fully saturated rings. The maximum Gasteiger partial charge on any atom is 0.417 e. The molecule has 0 radical (unpaired) electrons. The smallest absolute Gasteiger partial charge is 0.417 e. The van der Waals surface area contributed by atoms with Crippen molar-refractivity contribution >= 4 is 27.6 Å². The first-order valence-electron chi connectivity index (χ1n) is 14.6. The van der Waals surface area contributed by atoms with Crippen LogP contribution < -0.4 is 15.0 Å². The second kappa shape index (κ2) is 9.68. The highest BCUT2D eigenvalue weighted by Crippen LogP contribution is 2.43. The van der Waals surface area contributed by atoms with Gasteiger partial charge < -0.3 is 15.0 Å². The van der Waals surface area contributed by atoms with Crippen LogP contribution in [0.4, 0.5) is 27.8 Å². The minimum absolute atomic E-state index is 0.0902. The van der Waals surface area contributed by atoms with Gasteiger partial charge in [0.25, 0.3) is 0 Å². The van der Waals surface area contributed by atoms with E-state index in [9.17, 15) is 17.6 Å². The molecule has 8 rings (SSSR count). The topological polar surface area (TPSA) is 95.1 Å². The van der Waals surface area contributed by atoms with E-state index >= 15 is 4.39 Å². The molecule has 2 unspecified atom stereocenters. The molecule has 7 heterocycles. The zero-order valence-electron chi connectivity index (χ0n) is 23.1. The molecule has 9 nitrogen and oxygen atoms in total. The van der Waals surface area contributed by atoms with Crippen LogP contribution in [-0.4, -0.2) is 86.6 Å². The molecule has 0 amide bonds. The van der Waals surface area contributed by atoms with Gasteiger partial charge in [0, 0.05) is 55.3 Å². The van der Waals surface area contributed by atoms with Crippen molar-refractivity contribution in [2.45, 2.75) is 62.1 Å². The van der Waals surface area contributed by atoms with Crippen molar-refractivity contribution in [2.24, 2.45) is 0 Å². The van der Waals surface area contributed by atoms with E-state index < -0.39 is 40.5 Å². The molecule has 0 saturated carbocycles. The van der Waals surface area contributed by atoms with Crippen molar-refractivity contribution < 1.29 is 26.7 Å². The van der Waals surface area contributed by atoms with Crippen LogP contribution in [-0.2, 0) is 6.18 Å². The summed E-state index contributed by atoms with van der Waals surface area (Å²) in [5.41, 5.74) is -2.27. The number of ether oxygens (including phenoxy) is 1. The summed E-state index contributed by atoms with van der Waals surface area (Å²) in [7, 11) is 0. The predicted molar refractivity (Wildman–Crippen MR) is 148 cm³/mol. The first-order chi connectivity index (χ1) is 20.7. The monoisotopic (exact) mass is 600 g/mol. The van der Waals surface area contributed by atoms with Crippen molar-refractivity contribution in [2.75, 3.05) is 37.7 Å². The number of hydrogen-bond acceptors (Lipinski definition) is 8. The van der Waals surface area contributed by atoms with Crippen molar-refractivity contribution in [1.82, 2.24) is 35.4 Å². The van der Waals surface area contributed by atoms with E-state index in [-0.39, 0.29) is 41.0 Å². The summed E-state index contributed by atoms with van der Waals surface area (Å²) in [5, 5.41) is 10.5. The highest BCUT2D eigenvalue weighted by molar-refractivity contribution is 5.99. The Hall–Kier alpha value is -3.65. The first-order valence-corrected chi connectivity index (χ1v) is 14.6. The number of fused-ring (bicyclic) bond motifs is 5. The highest BCUT2D eigenvalue weighted by atomic mass is 19.4. The lowest BCUT2D eigenvalue weighted by Gasteiger charge is -2.34. The van der Waals surface area contributed by atoms with Gasteiger partial charge in [-0.25, -0.2) is 8.78 Å². The maximum absolute atomic E-state index is 16.6. The number of halogens is 5. The Balaban J connectivity index is 1.27. The number of rotatable bonds is 5. The van der Waals surface area contributed by atoms with Crippen LogP contribution in [0.5, 0.6) is 6.01 Å². The molecular weight excluding hydrogens is 571 g/mol. The molecule has 4 aliphatic heterocycles. The van der Waals surface area contributed by atoms with E-state index in [1.807, 2.05) is 4.90 Å². The summed E-state index contributed by atoms with van der Waals surface area (Å²) < 4.78 is 79.6. The van der Waals surface area contributed by atoms with E-state index in [0.717, 1.165) is 38.3 Å². The molecule has 14 heteroatoms. The van der Waals surface area contributed by atoms with Crippen LogP contribution in [0.2, 0.25) is 0 Å². The average Bonchev–Trinajstić information content (AvgIpc) is 3.74. The van der Waals surface area contributed by atoms with Crippen LogP contribution in [0.25, 0.3) is 33.1 Å². The molecule has 4 atom stereocenters. The molecule has 2 bridgehead atoms. The predicted octanol–water partition coefficient (Wildman–Crippen LogP) is 4.62. The van der Waals surface area contributed by atoms with Gasteiger partial charge in [-0.15, -0.1) is 0 Å². The fraction of sp³-hybridized carbons (Fsp3) is 0.517. The summed E-state index contributed by atoms with van der Waals surface area (Å²) in [6, 6.07) is 2.54. The summed E-state index contributed by atoms with van der Waals surface area (Å²) >= 11 is 0. The zero-order chi connectivity index (χ0) is 29.5. The number of nitrogens with zero attached hydrogens (tertiary/aromatic N) is 6. The maximum atomic E-state index is 16.6. The number of piperazine rings is 1. The average molecular weight is 601 g/mol. The fourth-order valence-corrected chi connectivity index (χ4v) is 7.63. The van der Waals surface area contributed by atoms with E-state index in [1.165, 1.54) is 18.5 Å². The van der Waals surface area contributed by atoms with E-state index in [2.05, 4.69) is 30.4 Å². The van der Waals surface area contributed by atoms with E-state index in [1.54, 1.807) is 0 Å². The van der Waals surface area contributed by atoms with Gasteiger partial charge in [-0.3, -0.25) is 15.0 Å². The second-order valence-corrected chi connectivity index (χ2v) is 12.2. The molecule has 2 N–H and O–H groups in total. The number of hydrogen-bond donors (Lipinski definition) is 2. The number of pyridine rings is 1. The van der Waals surface area contributed by atoms with Crippen LogP contribution in [0, 0.1) is 5.82 Å². The summed E-state index contributed by atoms with van der Waals surface area (Å²) in [6.45, 7) is 2.51. The van der Waals surface area contributed by atoms with Crippen LogP contribution in [0.3, 0.4) is 0 Å². The third kappa shape index (κ3) is 4.40. The van der Waals surface area contributed by atoms with Crippen molar-refractivity contribution in [3.05, 3.63) is 35.9 Å². The lowest BCUT2D eigenvalue weighted by molar-refractivity contribution is -0.137. The van der Waals surface area contributed by atoms with E-state index in [0.29, 0.717) is 37.4 Å². The molecule has 4 saturated heterocycles. The number of nitrogens with one attached hydrogen (secondary N) is 2. The van der Waals surface area contributed by atoms with Crippen LogP contribution in [0.1, 0.15) is 37.7 Å². The zero-order valence-corrected chi connectivity index (χ0v) is 23.1. The van der Waals surface area contributed by atoms with Crippen LogP contribution in [0.15, 0.2) is 24.5 Å². The standard InChI is InChI=1S/C29H29F5N8O/c30-15-8-28(6-1-7-42(28)11-15)14-43-27-38-24-19(26(39-27)41-12-16-2-3-17(13-41)37-16)9-35-25(23(24)31)22-18-10-36-40-21(18)5-4-20(22)29(32,33)34/h4-5,9-10,15-17,37H,1-3,6-8,11-14H2,(H,36,40)/t15?,16-,17+,28?. The third-order valence-electron chi connectivity index (χ3n) is 9.56. The number of anilines is 1. The van der Waals surface area contributed by atoms with Gasteiger partial charge in [0.1, 0.15) is 29.8 Å². The van der Waals surface area contributed by atoms with Gasteiger partial charge in [0.15, 0.2) is 5.82 Å². The molecule has 0 aliphatic carbocycles.